The van der Waals surface area contributed by atoms with E-state index in [0.29, 0.717) is 0 Å². The average molecular weight is 266 g/mol. The minimum atomic E-state index is 0.0524. The SMILES string of the molecule is CC(C)(C)C#CC(N1CCOCC1)N1CCOCC1. The zero-order valence-corrected chi connectivity index (χ0v) is 12.4. The molecule has 0 aliphatic carbocycles. The fourth-order valence-corrected chi connectivity index (χ4v) is 2.34. The van der Waals surface area contributed by atoms with E-state index in [2.05, 4.69) is 42.4 Å². The Balaban J connectivity index is 2.08. The van der Waals surface area contributed by atoms with Crippen molar-refractivity contribution in [2.45, 2.75) is 26.9 Å². The van der Waals surface area contributed by atoms with Crippen LogP contribution in [0.5, 0.6) is 0 Å². The van der Waals surface area contributed by atoms with Crippen molar-refractivity contribution in [2.24, 2.45) is 5.41 Å². The molecule has 0 bridgehead atoms. The lowest BCUT2D eigenvalue weighted by Gasteiger charge is -2.40. The molecule has 0 amide bonds. The van der Waals surface area contributed by atoms with Crippen LogP contribution >= 0.6 is 0 Å². The standard InChI is InChI=1S/C15H26N2O2/c1-15(2,3)5-4-14(16-6-10-18-11-7-16)17-8-12-19-13-9-17/h14H,6-13H2,1-3H3. The summed E-state index contributed by atoms with van der Waals surface area (Å²) in [6.07, 6.45) is 0.215. The van der Waals surface area contributed by atoms with Crippen LogP contribution < -0.4 is 0 Å². The van der Waals surface area contributed by atoms with E-state index in [1.807, 2.05) is 0 Å². The first-order valence-electron chi connectivity index (χ1n) is 7.22. The highest BCUT2D eigenvalue weighted by molar-refractivity contribution is 5.13. The van der Waals surface area contributed by atoms with Gasteiger partial charge in [-0.1, -0.05) is 11.8 Å². The molecular formula is C15H26N2O2. The summed E-state index contributed by atoms with van der Waals surface area (Å²) in [4.78, 5) is 4.88. The third kappa shape index (κ3) is 4.77. The number of nitrogens with zero attached hydrogens (tertiary/aromatic N) is 2. The molecular weight excluding hydrogens is 240 g/mol. The van der Waals surface area contributed by atoms with E-state index in [-0.39, 0.29) is 11.6 Å². The van der Waals surface area contributed by atoms with Crippen LogP contribution in [0.1, 0.15) is 20.8 Å². The summed E-state index contributed by atoms with van der Waals surface area (Å²) in [5.41, 5.74) is 0.0524. The van der Waals surface area contributed by atoms with Crippen molar-refractivity contribution in [3.8, 4) is 11.8 Å². The minimum absolute atomic E-state index is 0.0524. The normalized spacial score (nSPS) is 23.2. The Kier molecular flexibility index (Phi) is 5.23. The molecule has 0 radical (unpaired) electrons. The van der Waals surface area contributed by atoms with Crippen LogP contribution in [0.3, 0.4) is 0 Å². The zero-order chi connectivity index (χ0) is 13.7. The number of rotatable bonds is 2. The maximum absolute atomic E-state index is 5.45. The Hall–Kier alpha value is -0.600. The number of morpholine rings is 2. The first-order valence-corrected chi connectivity index (χ1v) is 7.22. The lowest BCUT2D eigenvalue weighted by Crippen LogP contribution is -2.54. The molecule has 2 aliphatic heterocycles. The van der Waals surface area contributed by atoms with E-state index in [1.54, 1.807) is 0 Å². The fourth-order valence-electron chi connectivity index (χ4n) is 2.34. The van der Waals surface area contributed by atoms with E-state index < -0.39 is 0 Å². The van der Waals surface area contributed by atoms with Gasteiger partial charge in [0.25, 0.3) is 0 Å². The van der Waals surface area contributed by atoms with Crippen LogP contribution in [-0.4, -0.2) is 68.6 Å². The van der Waals surface area contributed by atoms with Gasteiger partial charge in [0.05, 0.1) is 26.4 Å². The van der Waals surface area contributed by atoms with Crippen molar-refractivity contribution in [1.82, 2.24) is 9.80 Å². The van der Waals surface area contributed by atoms with Crippen molar-refractivity contribution in [2.75, 3.05) is 52.6 Å². The Labute approximate surface area is 117 Å². The van der Waals surface area contributed by atoms with Crippen molar-refractivity contribution in [1.29, 1.82) is 0 Å². The predicted octanol–water partition coefficient (Wildman–Crippen LogP) is 1.03. The quantitative estimate of drug-likeness (QED) is 0.697. The van der Waals surface area contributed by atoms with Crippen molar-refractivity contribution < 1.29 is 9.47 Å². The van der Waals surface area contributed by atoms with Crippen LogP contribution in [0.2, 0.25) is 0 Å². The summed E-state index contributed by atoms with van der Waals surface area (Å²) < 4.78 is 10.9. The molecule has 2 fully saturated rings. The third-order valence-electron chi connectivity index (χ3n) is 3.36. The molecule has 108 valence electrons. The summed E-state index contributed by atoms with van der Waals surface area (Å²) in [7, 11) is 0. The highest BCUT2D eigenvalue weighted by Gasteiger charge is 2.26. The Morgan fingerprint density at radius 2 is 1.26 bits per heavy atom. The van der Waals surface area contributed by atoms with Gasteiger partial charge >= 0.3 is 0 Å². The first kappa shape index (κ1) is 14.8. The summed E-state index contributed by atoms with van der Waals surface area (Å²) in [6, 6.07) is 0. The van der Waals surface area contributed by atoms with Crippen LogP contribution in [0.15, 0.2) is 0 Å². The summed E-state index contributed by atoms with van der Waals surface area (Å²) >= 11 is 0. The van der Waals surface area contributed by atoms with E-state index in [0.717, 1.165) is 52.6 Å². The lowest BCUT2D eigenvalue weighted by atomic mass is 9.98. The maximum atomic E-state index is 5.45. The van der Waals surface area contributed by atoms with Gasteiger partial charge in [-0.3, -0.25) is 9.80 Å². The molecule has 0 aromatic rings. The number of hydrogen-bond donors (Lipinski definition) is 0. The van der Waals surface area contributed by atoms with E-state index in [1.165, 1.54) is 0 Å². The van der Waals surface area contributed by atoms with Gasteiger partial charge in [-0.15, -0.1) is 0 Å². The molecule has 0 N–H and O–H groups in total. The molecule has 0 aromatic heterocycles. The van der Waals surface area contributed by atoms with Crippen molar-refractivity contribution in [3.63, 3.8) is 0 Å². The zero-order valence-electron chi connectivity index (χ0n) is 12.4. The van der Waals surface area contributed by atoms with Crippen molar-refractivity contribution in [3.05, 3.63) is 0 Å². The Morgan fingerprint density at radius 3 is 1.63 bits per heavy atom. The van der Waals surface area contributed by atoms with Gasteiger partial charge in [0.2, 0.25) is 0 Å². The highest BCUT2D eigenvalue weighted by atomic mass is 16.5. The molecule has 4 heteroatoms. The average Bonchev–Trinajstić information content (AvgIpc) is 2.40. The smallest absolute Gasteiger partial charge is 0.126 e. The molecule has 4 nitrogen and oxygen atoms in total. The topological polar surface area (TPSA) is 24.9 Å². The maximum Gasteiger partial charge on any atom is 0.126 e. The van der Waals surface area contributed by atoms with Gasteiger partial charge in [0.15, 0.2) is 0 Å². The second-order valence-corrected chi connectivity index (χ2v) is 6.19. The van der Waals surface area contributed by atoms with Gasteiger partial charge in [0.1, 0.15) is 6.17 Å². The van der Waals surface area contributed by atoms with Crippen LogP contribution in [0.4, 0.5) is 0 Å². The van der Waals surface area contributed by atoms with Crippen LogP contribution in [0, 0.1) is 17.3 Å². The molecule has 0 spiro atoms. The minimum Gasteiger partial charge on any atom is -0.379 e. The third-order valence-corrected chi connectivity index (χ3v) is 3.36. The van der Waals surface area contributed by atoms with Crippen molar-refractivity contribution >= 4 is 0 Å². The number of ether oxygens (including phenoxy) is 2. The molecule has 2 aliphatic rings. The van der Waals surface area contributed by atoms with Crippen LogP contribution in [0.25, 0.3) is 0 Å². The molecule has 0 aromatic carbocycles. The first-order chi connectivity index (χ1) is 9.06. The monoisotopic (exact) mass is 266 g/mol. The van der Waals surface area contributed by atoms with Gasteiger partial charge in [0, 0.05) is 31.6 Å². The van der Waals surface area contributed by atoms with Gasteiger partial charge in [-0.05, 0) is 20.8 Å². The van der Waals surface area contributed by atoms with Gasteiger partial charge < -0.3 is 9.47 Å². The predicted molar refractivity (Wildman–Crippen MR) is 75.8 cm³/mol. The molecule has 0 atom stereocenters. The Bertz CT molecular complexity index is 310. The molecule has 19 heavy (non-hydrogen) atoms. The van der Waals surface area contributed by atoms with E-state index >= 15 is 0 Å². The lowest BCUT2D eigenvalue weighted by molar-refractivity contribution is -0.0459. The van der Waals surface area contributed by atoms with Gasteiger partial charge in [-0.2, -0.15) is 0 Å². The molecule has 2 saturated heterocycles. The van der Waals surface area contributed by atoms with E-state index in [9.17, 15) is 0 Å². The van der Waals surface area contributed by atoms with E-state index in [4.69, 9.17) is 9.47 Å². The Morgan fingerprint density at radius 1 is 0.842 bits per heavy atom. The molecule has 0 unspecified atom stereocenters. The number of hydrogen-bond acceptors (Lipinski definition) is 4. The highest BCUT2D eigenvalue weighted by Crippen LogP contribution is 2.14. The summed E-state index contributed by atoms with van der Waals surface area (Å²) in [5, 5.41) is 0. The van der Waals surface area contributed by atoms with Crippen LogP contribution in [-0.2, 0) is 9.47 Å². The molecule has 2 rings (SSSR count). The largest absolute Gasteiger partial charge is 0.379 e. The fraction of sp³-hybridized carbons (Fsp3) is 0.867. The summed E-state index contributed by atoms with van der Waals surface area (Å²) in [5.74, 6) is 6.89. The summed E-state index contributed by atoms with van der Waals surface area (Å²) in [6.45, 7) is 13.6. The van der Waals surface area contributed by atoms with Gasteiger partial charge in [-0.25, -0.2) is 0 Å². The second kappa shape index (κ2) is 6.71. The second-order valence-electron chi connectivity index (χ2n) is 6.19. The molecule has 2 heterocycles. The molecule has 0 saturated carbocycles.